The number of sulfonamides is 1. The van der Waals surface area contributed by atoms with Crippen LogP contribution in [0.25, 0.3) is 0 Å². The first kappa shape index (κ1) is 21.7. The van der Waals surface area contributed by atoms with Crippen molar-refractivity contribution in [1.82, 2.24) is 23.6 Å². The van der Waals surface area contributed by atoms with Crippen LogP contribution < -0.4 is 0 Å². The van der Waals surface area contributed by atoms with Gasteiger partial charge in [0, 0.05) is 32.7 Å². The molecule has 1 aliphatic rings. The summed E-state index contributed by atoms with van der Waals surface area (Å²) < 4.78 is 70.9. The van der Waals surface area contributed by atoms with E-state index in [1.807, 2.05) is 16.4 Å². The average Bonchev–Trinajstić information content (AvgIpc) is 2.94. The topological polar surface area (TPSA) is 63.4 Å². The molecule has 0 atom stereocenters. The quantitative estimate of drug-likeness (QED) is 0.386. The monoisotopic (exact) mass is 447 g/mol. The van der Waals surface area contributed by atoms with E-state index < -0.39 is 32.4 Å². The lowest BCUT2D eigenvalue weighted by Gasteiger charge is -2.33. The van der Waals surface area contributed by atoms with Gasteiger partial charge in [-0.3, -0.25) is 4.90 Å². The predicted molar refractivity (Wildman–Crippen MR) is 103 cm³/mol. The van der Waals surface area contributed by atoms with Crippen LogP contribution in [0.15, 0.2) is 29.7 Å². The lowest BCUT2D eigenvalue weighted by Crippen LogP contribution is -2.49. The summed E-state index contributed by atoms with van der Waals surface area (Å²) in [7, 11) is -4.28. The van der Waals surface area contributed by atoms with Crippen LogP contribution in [0.2, 0.25) is 0 Å². The van der Waals surface area contributed by atoms with Gasteiger partial charge >= 0.3 is 0 Å². The highest BCUT2D eigenvalue weighted by Gasteiger charge is 2.32. The highest BCUT2D eigenvalue weighted by Crippen LogP contribution is 2.24. The minimum Gasteiger partial charge on any atom is -0.300 e. The van der Waals surface area contributed by atoms with E-state index in [1.165, 1.54) is 0 Å². The summed E-state index contributed by atoms with van der Waals surface area (Å²) in [4.78, 5) is 1.08. The summed E-state index contributed by atoms with van der Waals surface area (Å²) in [5, 5.41) is 4.40. The van der Waals surface area contributed by atoms with E-state index in [-0.39, 0.29) is 13.1 Å². The Morgan fingerprint density at radius 3 is 2.45 bits per heavy atom. The Morgan fingerprint density at radius 2 is 1.83 bits per heavy atom. The molecule has 1 saturated heterocycles. The van der Waals surface area contributed by atoms with Gasteiger partial charge in [0.2, 0.25) is 10.0 Å². The molecule has 0 amide bonds. The number of allylic oxidation sites excluding steroid dienone is 1. The fourth-order valence-electron chi connectivity index (χ4n) is 3.13. The van der Waals surface area contributed by atoms with Crippen LogP contribution >= 0.6 is 12.2 Å². The van der Waals surface area contributed by atoms with Crippen LogP contribution in [0.1, 0.15) is 5.82 Å². The molecule has 1 aromatic heterocycles. The summed E-state index contributed by atoms with van der Waals surface area (Å²) in [5.74, 6) is -4.20. The molecule has 7 nitrogen and oxygen atoms in total. The molecule has 0 bridgehead atoms. The third-order valence-corrected chi connectivity index (χ3v) is 7.05. The zero-order chi connectivity index (χ0) is 21.3. The summed E-state index contributed by atoms with van der Waals surface area (Å²) in [6.45, 7) is 7.26. The van der Waals surface area contributed by atoms with Crippen LogP contribution in [0.3, 0.4) is 0 Å². The van der Waals surface area contributed by atoms with E-state index in [1.54, 1.807) is 10.8 Å². The van der Waals surface area contributed by atoms with E-state index in [2.05, 4.69) is 11.7 Å². The fourth-order valence-corrected chi connectivity index (χ4v) is 4.91. The van der Waals surface area contributed by atoms with Gasteiger partial charge in [0.15, 0.2) is 22.2 Å². The molecule has 0 unspecified atom stereocenters. The van der Waals surface area contributed by atoms with Crippen molar-refractivity contribution in [3.8, 4) is 0 Å². The maximum atomic E-state index is 14.0. The lowest BCUT2D eigenvalue weighted by molar-refractivity contribution is 0.144. The van der Waals surface area contributed by atoms with Gasteiger partial charge in [-0.25, -0.2) is 26.3 Å². The highest BCUT2D eigenvalue weighted by atomic mass is 32.2. The highest BCUT2D eigenvalue weighted by molar-refractivity contribution is 7.89. The van der Waals surface area contributed by atoms with Gasteiger partial charge in [-0.1, -0.05) is 6.08 Å². The van der Waals surface area contributed by atoms with Gasteiger partial charge in [0.05, 0.1) is 6.67 Å². The molecule has 1 aromatic carbocycles. The smallest absolute Gasteiger partial charge is 0.246 e. The van der Waals surface area contributed by atoms with Gasteiger partial charge in [-0.2, -0.15) is 9.40 Å². The average molecular weight is 448 g/mol. The SMILES string of the molecule is C=CCn1c(C)nn(CN2CCN(S(=O)(=O)c3ccc(F)c(F)c3F)CC2)c1=S. The molecule has 158 valence electrons. The molecule has 29 heavy (non-hydrogen) atoms. The van der Waals surface area contributed by atoms with Crippen molar-refractivity contribution >= 4 is 22.2 Å². The molecule has 12 heteroatoms. The molecule has 3 rings (SSSR count). The Kier molecular flexibility index (Phi) is 6.27. The summed E-state index contributed by atoms with van der Waals surface area (Å²) in [6, 6.07) is 1.34. The van der Waals surface area contributed by atoms with Crippen molar-refractivity contribution in [1.29, 1.82) is 0 Å². The molecule has 0 radical (unpaired) electrons. The number of halogens is 3. The number of hydrogen-bond donors (Lipinski definition) is 0. The Morgan fingerprint density at radius 1 is 1.17 bits per heavy atom. The third kappa shape index (κ3) is 4.15. The van der Waals surface area contributed by atoms with Gasteiger partial charge in [0.25, 0.3) is 0 Å². The standard InChI is InChI=1S/C17H20F3N5O2S2/c1-3-6-24-12(2)21-25(17(24)28)11-22-7-9-23(10-8-22)29(26,27)14-5-4-13(18)15(19)16(14)20/h3-5H,1,6-11H2,2H3. The van der Waals surface area contributed by atoms with E-state index in [0.29, 0.717) is 37.1 Å². The Labute approximate surface area is 171 Å². The van der Waals surface area contributed by atoms with E-state index >= 15 is 0 Å². The van der Waals surface area contributed by atoms with E-state index in [0.717, 1.165) is 16.2 Å². The second-order valence-corrected chi connectivity index (χ2v) is 8.84. The molecule has 0 aliphatic carbocycles. The number of piperazine rings is 1. The normalized spacial score (nSPS) is 16.3. The van der Waals surface area contributed by atoms with Crippen molar-refractivity contribution in [2.75, 3.05) is 26.2 Å². The molecular weight excluding hydrogens is 427 g/mol. The number of nitrogens with zero attached hydrogens (tertiary/aromatic N) is 5. The Bertz CT molecular complexity index is 1090. The molecule has 0 spiro atoms. The second-order valence-electron chi connectivity index (χ2n) is 6.57. The van der Waals surface area contributed by atoms with Crippen molar-refractivity contribution in [2.24, 2.45) is 0 Å². The van der Waals surface area contributed by atoms with Crippen LogP contribution in [0.4, 0.5) is 13.2 Å². The fraction of sp³-hybridized carbons (Fsp3) is 0.412. The summed E-state index contributed by atoms with van der Waals surface area (Å²) in [6.07, 6.45) is 1.72. The number of aryl methyl sites for hydroxylation is 1. The second kappa shape index (κ2) is 8.38. The van der Waals surface area contributed by atoms with Crippen LogP contribution in [-0.2, 0) is 23.2 Å². The van der Waals surface area contributed by atoms with Crippen molar-refractivity contribution in [3.63, 3.8) is 0 Å². The minimum atomic E-state index is -4.28. The van der Waals surface area contributed by atoms with Gasteiger partial charge in [-0.05, 0) is 31.3 Å². The third-order valence-electron chi connectivity index (χ3n) is 4.70. The van der Waals surface area contributed by atoms with Gasteiger partial charge in [-0.15, -0.1) is 6.58 Å². The molecule has 2 heterocycles. The molecular formula is C17H20F3N5O2S2. The summed E-state index contributed by atoms with van der Waals surface area (Å²) >= 11 is 5.40. The number of benzene rings is 1. The van der Waals surface area contributed by atoms with Crippen LogP contribution in [0.5, 0.6) is 0 Å². The predicted octanol–water partition coefficient (Wildman–Crippen LogP) is 2.29. The first-order valence-corrected chi connectivity index (χ1v) is 10.6. The maximum Gasteiger partial charge on any atom is 0.246 e. The number of rotatable bonds is 6. The van der Waals surface area contributed by atoms with Gasteiger partial charge < -0.3 is 4.57 Å². The first-order valence-electron chi connectivity index (χ1n) is 8.78. The van der Waals surface area contributed by atoms with Crippen LogP contribution in [-0.4, -0.2) is 58.1 Å². The Balaban J connectivity index is 1.71. The number of aromatic nitrogens is 3. The lowest BCUT2D eigenvalue weighted by atomic mass is 10.3. The van der Waals surface area contributed by atoms with E-state index in [9.17, 15) is 21.6 Å². The van der Waals surface area contributed by atoms with Gasteiger partial charge in [0.1, 0.15) is 10.7 Å². The minimum absolute atomic E-state index is 0.0699. The molecule has 2 aromatic rings. The molecule has 1 aliphatic heterocycles. The zero-order valence-corrected chi connectivity index (χ0v) is 17.3. The molecule has 1 fully saturated rings. The van der Waals surface area contributed by atoms with Crippen molar-refractivity contribution < 1.29 is 21.6 Å². The molecule has 0 saturated carbocycles. The maximum absolute atomic E-state index is 14.0. The molecule has 0 N–H and O–H groups in total. The summed E-state index contributed by atoms with van der Waals surface area (Å²) in [5.41, 5.74) is 0. The van der Waals surface area contributed by atoms with E-state index in [4.69, 9.17) is 12.2 Å². The first-order chi connectivity index (χ1) is 13.7. The Hall–Kier alpha value is -2.02. The van der Waals surface area contributed by atoms with Crippen LogP contribution in [0, 0.1) is 29.1 Å². The largest absolute Gasteiger partial charge is 0.300 e. The zero-order valence-electron chi connectivity index (χ0n) is 15.7. The number of hydrogen-bond acceptors (Lipinski definition) is 5. The van der Waals surface area contributed by atoms with Crippen molar-refractivity contribution in [2.45, 2.75) is 25.0 Å². The van der Waals surface area contributed by atoms with Crippen molar-refractivity contribution in [3.05, 3.63) is 52.8 Å².